The molecule has 0 aliphatic carbocycles. The summed E-state index contributed by atoms with van der Waals surface area (Å²) in [4.78, 5) is 15.5. The van der Waals surface area contributed by atoms with E-state index < -0.39 is 0 Å². The third kappa shape index (κ3) is 1.90. The first-order chi connectivity index (χ1) is 7.74. The molecule has 1 aliphatic rings. The van der Waals surface area contributed by atoms with E-state index in [1.165, 1.54) is 25.4 Å². The lowest BCUT2D eigenvalue weighted by Crippen LogP contribution is -2.24. The van der Waals surface area contributed by atoms with E-state index in [4.69, 9.17) is 4.74 Å². The Kier molecular flexibility index (Phi) is 3.14. The Bertz CT molecular complexity index is 397. The Labute approximate surface area is 92.8 Å². The van der Waals surface area contributed by atoms with Crippen molar-refractivity contribution in [3.63, 3.8) is 0 Å². The predicted octanol–water partition coefficient (Wildman–Crippen LogP) is 0.697. The Morgan fingerprint density at radius 1 is 1.62 bits per heavy atom. The maximum absolute atomic E-state index is 13.5. The molecule has 16 heavy (non-hydrogen) atoms. The van der Waals surface area contributed by atoms with Crippen molar-refractivity contribution >= 4 is 5.97 Å². The van der Waals surface area contributed by atoms with Crippen molar-refractivity contribution in [1.82, 2.24) is 10.3 Å². The van der Waals surface area contributed by atoms with Gasteiger partial charge in [0.15, 0.2) is 0 Å². The lowest BCUT2D eigenvalue weighted by Gasteiger charge is -2.15. The number of aromatic nitrogens is 1. The highest BCUT2D eigenvalue weighted by atomic mass is 19.1. The highest BCUT2D eigenvalue weighted by Crippen LogP contribution is 2.28. The molecule has 0 amide bonds. The lowest BCUT2D eigenvalue weighted by molar-refractivity contribution is -0.145. The van der Waals surface area contributed by atoms with Crippen LogP contribution in [0.4, 0.5) is 4.39 Å². The fourth-order valence-corrected chi connectivity index (χ4v) is 2.04. The van der Waals surface area contributed by atoms with Crippen molar-refractivity contribution in [2.24, 2.45) is 5.92 Å². The lowest BCUT2D eigenvalue weighted by atomic mass is 9.92. The van der Waals surface area contributed by atoms with Crippen molar-refractivity contribution in [3.8, 4) is 0 Å². The fourth-order valence-electron chi connectivity index (χ4n) is 2.04. The summed E-state index contributed by atoms with van der Waals surface area (Å²) >= 11 is 0. The van der Waals surface area contributed by atoms with Gasteiger partial charge in [0, 0.05) is 25.2 Å². The minimum atomic E-state index is -0.370. The molecule has 2 heterocycles. The normalized spacial score (nSPS) is 24.4. The van der Waals surface area contributed by atoms with Gasteiger partial charge in [-0.1, -0.05) is 0 Å². The van der Waals surface area contributed by atoms with Crippen LogP contribution in [0.25, 0.3) is 0 Å². The van der Waals surface area contributed by atoms with E-state index in [1.807, 2.05) is 0 Å². The average molecular weight is 224 g/mol. The fraction of sp³-hybridized carbons (Fsp3) is 0.455. The van der Waals surface area contributed by atoms with E-state index in [0.29, 0.717) is 18.8 Å². The highest BCUT2D eigenvalue weighted by molar-refractivity contribution is 5.74. The van der Waals surface area contributed by atoms with Crippen molar-refractivity contribution in [2.75, 3.05) is 20.2 Å². The molecule has 1 N–H and O–H groups in total. The number of esters is 1. The number of carbonyl (C=O) groups is 1. The zero-order valence-electron chi connectivity index (χ0n) is 8.94. The number of rotatable bonds is 2. The maximum atomic E-state index is 13.5. The van der Waals surface area contributed by atoms with Gasteiger partial charge in [0.05, 0.1) is 18.7 Å². The van der Waals surface area contributed by atoms with Crippen molar-refractivity contribution in [1.29, 1.82) is 0 Å². The summed E-state index contributed by atoms with van der Waals surface area (Å²) in [6.45, 7) is 1.06. The summed E-state index contributed by atoms with van der Waals surface area (Å²) in [5.41, 5.74) is 0.336. The number of halogens is 1. The quantitative estimate of drug-likeness (QED) is 0.751. The second-order valence-electron chi connectivity index (χ2n) is 3.76. The first-order valence-electron chi connectivity index (χ1n) is 5.13. The summed E-state index contributed by atoms with van der Waals surface area (Å²) in [5.74, 6) is -1.28. The topological polar surface area (TPSA) is 51.2 Å². The molecule has 0 spiro atoms. The minimum absolute atomic E-state index is 0.242. The molecule has 0 bridgehead atoms. The Morgan fingerprint density at radius 3 is 3.12 bits per heavy atom. The van der Waals surface area contributed by atoms with Crippen LogP contribution in [0.3, 0.4) is 0 Å². The summed E-state index contributed by atoms with van der Waals surface area (Å²) < 4.78 is 18.2. The van der Waals surface area contributed by atoms with E-state index in [-0.39, 0.29) is 23.6 Å². The second kappa shape index (κ2) is 4.57. The second-order valence-corrected chi connectivity index (χ2v) is 3.76. The molecule has 1 aromatic heterocycles. The third-order valence-electron chi connectivity index (χ3n) is 2.86. The van der Waals surface area contributed by atoms with Gasteiger partial charge in [-0.05, 0) is 12.1 Å². The van der Waals surface area contributed by atoms with Crippen LogP contribution in [0.5, 0.6) is 0 Å². The first-order valence-corrected chi connectivity index (χ1v) is 5.13. The van der Waals surface area contributed by atoms with Gasteiger partial charge in [0.25, 0.3) is 0 Å². The van der Waals surface area contributed by atoms with Gasteiger partial charge in [0.2, 0.25) is 0 Å². The van der Waals surface area contributed by atoms with Gasteiger partial charge in [-0.3, -0.25) is 9.78 Å². The number of methoxy groups -OCH3 is 1. The number of hydrogen-bond acceptors (Lipinski definition) is 4. The third-order valence-corrected chi connectivity index (χ3v) is 2.86. The van der Waals surface area contributed by atoms with Gasteiger partial charge >= 0.3 is 5.97 Å². The molecule has 86 valence electrons. The van der Waals surface area contributed by atoms with E-state index in [0.717, 1.165) is 0 Å². The SMILES string of the molecule is COC(=O)C1CNCC1c1ncccc1F. The molecule has 0 aromatic carbocycles. The molecule has 2 unspecified atom stereocenters. The zero-order chi connectivity index (χ0) is 11.5. The van der Waals surface area contributed by atoms with Crippen LogP contribution in [0.2, 0.25) is 0 Å². The summed E-state index contributed by atoms with van der Waals surface area (Å²) in [5, 5.41) is 3.06. The van der Waals surface area contributed by atoms with Gasteiger partial charge in [-0.15, -0.1) is 0 Å². The standard InChI is InChI=1S/C11H13FN2O2/c1-16-11(15)8-6-13-5-7(8)10-9(12)3-2-4-14-10/h2-4,7-8,13H,5-6H2,1H3. The van der Waals surface area contributed by atoms with Crippen LogP contribution >= 0.6 is 0 Å². The first kappa shape index (κ1) is 11.0. The van der Waals surface area contributed by atoms with E-state index in [2.05, 4.69) is 10.3 Å². The maximum Gasteiger partial charge on any atom is 0.310 e. The van der Waals surface area contributed by atoms with Crippen molar-refractivity contribution in [2.45, 2.75) is 5.92 Å². The van der Waals surface area contributed by atoms with Crippen LogP contribution in [0, 0.1) is 11.7 Å². The summed E-state index contributed by atoms with van der Waals surface area (Å²) in [6.07, 6.45) is 1.53. The van der Waals surface area contributed by atoms with Crippen LogP contribution < -0.4 is 5.32 Å². The Balaban J connectivity index is 2.27. The molecule has 1 aromatic rings. The molecule has 0 radical (unpaired) electrons. The number of hydrogen-bond donors (Lipinski definition) is 1. The minimum Gasteiger partial charge on any atom is -0.469 e. The molecule has 2 rings (SSSR count). The average Bonchev–Trinajstić information content (AvgIpc) is 2.77. The molecule has 1 saturated heterocycles. The number of nitrogens with one attached hydrogen (secondary N) is 1. The number of ether oxygens (including phenoxy) is 1. The molecular weight excluding hydrogens is 211 g/mol. The Morgan fingerprint density at radius 2 is 2.44 bits per heavy atom. The van der Waals surface area contributed by atoms with E-state index in [1.54, 1.807) is 0 Å². The molecule has 1 aliphatic heterocycles. The largest absolute Gasteiger partial charge is 0.469 e. The number of carbonyl (C=O) groups excluding carboxylic acids is 1. The van der Waals surface area contributed by atoms with E-state index >= 15 is 0 Å². The predicted molar refractivity (Wildman–Crippen MR) is 55.3 cm³/mol. The van der Waals surface area contributed by atoms with Crippen LogP contribution in [-0.2, 0) is 9.53 Å². The van der Waals surface area contributed by atoms with Crippen LogP contribution in [0.1, 0.15) is 11.6 Å². The van der Waals surface area contributed by atoms with E-state index in [9.17, 15) is 9.18 Å². The molecule has 0 saturated carbocycles. The Hall–Kier alpha value is -1.49. The molecule has 1 fully saturated rings. The molecular formula is C11H13FN2O2. The number of nitrogens with zero attached hydrogens (tertiary/aromatic N) is 1. The monoisotopic (exact) mass is 224 g/mol. The summed E-state index contributed by atoms with van der Waals surface area (Å²) in [6, 6.07) is 2.89. The van der Waals surface area contributed by atoms with Crippen LogP contribution in [0.15, 0.2) is 18.3 Å². The van der Waals surface area contributed by atoms with Crippen molar-refractivity contribution < 1.29 is 13.9 Å². The zero-order valence-corrected chi connectivity index (χ0v) is 8.94. The van der Waals surface area contributed by atoms with Gasteiger partial charge in [-0.25, -0.2) is 4.39 Å². The van der Waals surface area contributed by atoms with Gasteiger partial charge in [0.1, 0.15) is 5.82 Å². The smallest absolute Gasteiger partial charge is 0.310 e. The number of pyridine rings is 1. The highest BCUT2D eigenvalue weighted by Gasteiger charge is 2.36. The summed E-state index contributed by atoms with van der Waals surface area (Å²) in [7, 11) is 1.34. The van der Waals surface area contributed by atoms with Crippen molar-refractivity contribution in [3.05, 3.63) is 29.8 Å². The molecule has 5 heteroatoms. The van der Waals surface area contributed by atoms with Crippen LogP contribution in [-0.4, -0.2) is 31.2 Å². The van der Waals surface area contributed by atoms with Gasteiger partial charge < -0.3 is 10.1 Å². The van der Waals surface area contributed by atoms with Gasteiger partial charge in [-0.2, -0.15) is 0 Å². The molecule has 4 nitrogen and oxygen atoms in total. The molecule has 2 atom stereocenters.